The maximum atomic E-state index is 8.31. The molecule has 0 saturated carbocycles. The quantitative estimate of drug-likeness (QED) is 0.491. The van der Waals surface area contributed by atoms with Crippen LogP contribution in [0.4, 0.5) is 0 Å². The van der Waals surface area contributed by atoms with Crippen LogP contribution in [0, 0.1) is 88.9 Å². The van der Waals surface area contributed by atoms with Gasteiger partial charge in [0.15, 0.2) is 0 Å². The first kappa shape index (κ1) is 49.5. The fraction of sp³-hybridized carbons (Fsp3) is 0. The van der Waals surface area contributed by atoms with Gasteiger partial charge in [0, 0.05) is 0 Å². The van der Waals surface area contributed by atoms with Gasteiger partial charge < -0.3 is 16.4 Å². The molecule has 0 unspecified atom stereocenters. The van der Waals surface area contributed by atoms with Crippen LogP contribution in [0.1, 0.15) is 0 Å². The third-order valence-electron chi connectivity index (χ3n) is 0. The molecule has 0 aromatic rings. The Morgan fingerprint density at radius 2 is 0.857 bits per heavy atom. The fourth-order valence-corrected chi connectivity index (χ4v) is 0. The average Bonchev–Trinajstić information content (AvgIpc) is 1.00. The van der Waals surface area contributed by atoms with Crippen molar-refractivity contribution in [3.63, 3.8) is 0 Å². The number of hydrogen-bond donors (Lipinski definition) is 0. The summed E-state index contributed by atoms with van der Waals surface area (Å²) in [5.41, 5.74) is 0. The van der Waals surface area contributed by atoms with Crippen molar-refractivity contribution in [1.82, 2.24) is 0 Å². The molecule has 0 fully saturated rings. The van der Waals surface area contributed by atoms with Crippen molar-refractivity contribution in [1.29, 1.82) is 0 Å². The van der Waals surface area contributed by atoms with Gasteiger partial charge in [-0.1, -0.05) is 0 Å². The number of hydrogen-bond acceptors (Lipinski definition) is 1. The zero-order valence-corrected chi connectivity index (χ0v) is 9.38. The van der Waals surface area contributed by atoms with E-state index < -0.39 is 0 Å². The Bertz CT molecular complexity index is 11.7. The van der Waals surface area contributed by atoms with Gasteiger partial charge in [0.1, 0.15) is 0 Å². The van der Waals surface area contributed by atoms with Crippen molar-refractivity contribution < 1.29 is 122 Å². The van der Waals surface area contributed by atoms with Crippen LogP contribution in [0.5, 0.6) is 0 Å². The molecule has 0 aromatic carbocycles. The first-order valence-electron chi connectivity index (χ1n) is 0.154. The zero-order valence-electron chi connectivity index (χ0n) is 2.83. The third-order valence-corrected chi connectivity index (χ3v) is 0. The van der Waals surface area contributed by atoms with E-state index in [0.717, 1.165) is 0 Å². The van der Waals surface area contributed by atoms with Crippen LogP contribution in [0.3, 0.4) is 0 Å². The third kappa shape index (κ3) is 47.3. The predicted octanol–water partition coefficient (Wildman–Crippen LogP) is -0.478. The molecule has 7 heavy (non-hydrogen) atoms. The molecule has 1 radical (unpaired) electrons. The topological polar surface area (TPSA) is 103 Å². The van der Waals surface area contributed by atoms with Gasteiger partial charge in [-0.05, 0) is 0 Å². The minimum atomic E-state index is 0. The van der Waals surface area contributed by atoms with E-state index >= 15 is 0 Å². The van der Waals surface area contributed by atoms with Gasteiger partial charge in [-0.25, -0.2) is 0 Å². The van der Waals surface area contributed by atoms with Gasteiger partial charge in [-0.3, -0.25) is 0 Å². The van der Waals surface area contributed by atoms with Gasteiger partial charge in [-0.15, -0.1) is 0 Å². The molecule has 0 aliphatic carbocycles. The summed E-state index contributed by atoms with van der Waals surface area (Å²) in [6.45, 7) is 0. The second kappa shape index (κ2) is 61.5. The second-order valence-electron chi connectivity index (χ2n) is 0. The maximum absolute atomic E-state index is 8.31. The van der Waals surface area contributed by atoms with Crippen molar-refractivity contribution in [2.45, 2.75) is 0 Å². The van der Waals surface area contributed by atoms with E-state index in [9.17, 15) is 0 Å². The van der Waals surface area contributed by atoms with E-state index in [2.05, 4.69) is 0 Å². The molecule has 0 N–H and O–H groups in total. The summed E-state index contributed by atoms with van der Waals surface area (Å²) in [5.74, 6) is 0. The number of rotatable bonds is 0. The fourth-order valence-electron chi connectivity index (χ4n) is 0. The molecule has 0 bridgehead atoms. The van der Waals surface area contributed by atoms with Crippen molar-refractivity contribution in [2.75, 3.05) is 0 Å². The summed E-state index contributed by atoms with van der Waals surface area (Å²) in [7, 11) is 0. The Morgan fingerprint density at radius 1 is 0.857 bits per heavy atom. The van der Waals surface area contributed by atoms with Crippen LogP contribution >= 0.6 is 0 Å². The zero-order chi connectivity index (χ0) is 2.00. The molecular formula is CeEuNiO4. The van der Waals surface area contributed by atoms with Crippen LogP contribution in [0.2, 0.25) is 0 Å². The molecule has 0 amide bonds. The van der Waals surface area contributed by atoms with E-state index in [-0.39, 0.29) is 74.7 Å². The molecule has 0 rings (SSSR count). The summed E-state index contributed by atoms with van der Waals surface area (Å²) in [6, 6.07) is 0. The van der Waals surface area contributed by atoms with Crippen LogP contribution in [0.15, 0.2) is 0 Å². The normalized spacial score (nSPS) is 0.571. The van der Waals surface area contributed by atoms with Crippen molar-refractivity contribution >= 4 is 0 Å². The SMILES string of the molecule is [Ce+3].[Ni+2].[O-2].[O-2].[O-2].[O]=[Eu+]. The van der Waals surface area contributed by atoms with E-state index in [1.807, 2.05) is 0 Å². The Labute approximate surface area is 119 Å². The molecule has 0 aliphatic heterocycles. The van der Waals surface area contributed by atoms with E-state index in [4.69, 9.17) is -0.0232 Å². The van der Waals surface area contributed by atoms with E-state index in [1.165, 1.54) is 0 Å². The van der Waals surface area contributed by atoms with Crippen molar-refractivity contribution in [3.05, 3.63) is 0 Å². The van der Waals surface area contributed by atoms with E-state index in [0.29, 0.717) is 47.2 Å². The average molecular weight is 415 g/mol. The Balaban J connectivity index is -0.000000000500. The minimum absolute atomic E-state index is 0. The van der Waals surface area contributed by atoms with Gasteiger partial charge in [0.2, 0.25) is 0 Å². The van der Waals surface area contributed by atoms with E-state index in [1.54, 1.807) is 0 Å². The van der Waals surface area contributed by atoms with Crippen LogP contribution in [-0.4, -0.2) is 0 Å². The van der Waals surface area contributed by atoms with Crippen LogP contribution < -0.4 is 0 Å². The molecule has 0 heterocycles. The van der Waals surface area contributed by atoms with Crippen LogP contribution in [-0.2, 0) is 32.9 Å². The molecule has 7 heteroatoms. The molecule has 0 saturated heterocycles. The second-order valence-corrected chi connectivity index (χ2v) is 0. The Morgan fingerprint density at radius 3 is 0.857 bits per heavy atom. The molecule has 4 nitrogen and oxygen atoms in total. The Kier molecular flexibility index (Phi) is 435. The van der Waals surface area contributed by atoms with Gasteiger partial charge in [-0.2, -0.15) is 0 Å². The van der Waals surface area contributed by atoms with Crippen molar-refractivity contribution in [3.8, 4) is 0 Å². The first-order valence-corrected chi connectivity index (χ1v) is 1.14. The summed E-state index contributed by atoms with van der Waals surface area (Å²) in [5, 5.41) is 0. The summed E-state index contributed by atoms with van der Waals surface area (Å²) >= 11 is 0.472. The molecule has 0 aliphatic rings. The monoisotopic (exact) mass is 415 g/mol. The molecule has 0 spiro atoms. The van der Waals surface area contributed by atoms with Gasteiger partial charge in [0.25, 0.3) is 0 Å². The summed E-state index contributed by atoms with van der Waals surface area (Å²) in [4.78, 5) is 0. The standard InChI is InChI=1S/Ce.Eu.Ni.4O/q+3;+1;+2;;3*-2. The molecule has 0 atom stereocenters. The molecule has 45 valence electrons. The molecular weight excluding hydrogens is 415 g/mol. The molecule has 0 aromatic heterocycles. The summed E-state index contributed by atoms with van der Waals surface area (Å²) in [6.07, 6.45) is 0. The van der Waals surface area contributed by atoms with Gasteiger partial charge >= 0.3 is 105 Å². The van der Waals surface area contributed by atoms with Crippen molar-refractivity contribution in [2.24, 2.45) is 0 Å². The van der Waals surface area contributed by atoms with Gasteiger partial charge in [0.05, 0.1) is 0 Å². The summed E-state index contributed by atoms with van der Waals surface area (Å²) < 4.78 is 8.31. The van der Waals surface area contributed by atoms with Crippen LogP contribution in [0.25, 0.3) is 0 Å². The Hall–Kier alpha value is 3.13. The predicted molar refractivity (Wildman–Crippen MR) is 2.75 cm³/mol. The first-order chi connectivity index (χ1) is 1.00.